The van der Waals surface area contributed by atoms with Gasteiger partial charge in [-0.25, -0.2) is 0 Å². The third-order valence-electron chi connectivity index (χ3n) is 9.40. The number of amides is 1. The molecule has 0 saturated heterocycles. The number of aliphatic imine (C=N–C) groups is 1. The van der Waals surface area contributed by atoms with Crippen LogP contribution in [0.15, 0.2) is 108 Å². The summed E-state index contributed by atoms with van der Waals surface area (Å²) >= 11 is 0. The molecule has 48 heavy (non-hydrogen) atoms. The standard InChI is InChI=1S/C40H49N3O5/c1-29-16-19-31(20-17-29)43(32-12-9-13-34(45)26-32)28-39-41-24-25-42(39)40(48)15-8-3-2-7-14-35-36(38(47)27-37(35)46)23-22-33(44)21-18-30-10-5-4-6-11-30/h2,4-7,9-13,16-17,19-20,22-23,26,33,35-38,44-47H,3,8,14-15,18,21,24-25,27-28H2,1H3/t33-,35+,36+,37-,38+/m0/s1. The van der Waals surface area contributed by atoms with Crippen LogP contribution in [0.5, 0.6) is 5.75 Å². The van der Waals surface area contributed by atoms with Crippen LogP contribution in [0.25, 0.3) is 0 Å². The van der Waals surface area contributed by atoms with Crippen molar-refractivity contribution in [2.75, 3.05) is 24.5 Å². The Morgan fingerprint density at radius 2 is 1.79 bits per heavy atom. The van der Waals surface area contributed by atoms with Gasteiger partial charge in [0.05, 0.1) is 31.4 Å². The summed E-state index contributed by atoms with van der Waals surface area (Å²) in [6.07, 6.45) is 10.0. The van der Waals surface area contributed by atoms with Crippen LogP contribution in [-0.2, 0) is 11.2 Å². The first-order chi connectivity index (χ1) is 23.3. The molecular weight excluding hydrogens is 602 g/mol. The first kappa shape index (κ1) is 35.1. The Kier molecular flexibility index (Phi) is 12.6. The van der Waals surface area contributed by atoms with Crippen molar-refractivity contribution >= 4 is 23.1 Å². The second-order valence-electron chi connectivity index (χ2n) is 13.0. The molecule has 1 amide bonds. The molecular formula is C40H49N3O5. The highest BCUT2D eigenvalue weighted by atomic mass is 16.3. The molecule has 254 valence electrons. The summed E-state index contributed by atoms with van der Waals surface area (Å²) in [6.45, 7) is 3.58. The van der Waals surface area contributed by atoms with Crippen molar-refractivity contribution in [1.82, 2.24) is 4.90 Å². The number of rotatable bonds is 15. The molecule has 0 bridgehead atoms. The number of aromatic hydroxyl groups is 1. The summed E-state index contributed by atoms with van der Waals surface area (Å²) in [5, 5.41) is 41.9. The fraction of sp³-hybridized carbons (Fsp3) is 0.400. The number of unbranched alkanes of at least 4 members (excludes halogenated alkanes) is 1. The van der Waals surface area contributed by atoms with Crippen molar-refractivity contribution in [1.29, 1.82) is 0 Å². The van der Waals surface area contributed by atoms with E-state index in [1.165, 1.54) is 5.56 Å². The van der Waals surface area contributed by atoms with Crippen LogP contribution in [-0.4, -0.2) is 75.0 Å². The van der Waals surface area contributed by atoms with E-state index in [0.29, 0.717) is 51.7 Å². The Morgan fingerprint density at radius 3 is 2.56 bits per heavy atom. The predicted molar refractivity (Wildman–Crippen MR) is 191 cm³/mol. The Bertz CT molecular complexity index is 1550. The van der Waals surface area contributed by atoms with E-state index in [4.69, 9.17) is 0 Å². The van der Waals surface area contributed by atoms with E-state index in [2.05, 4.69) is 16.0 Å². The largest absolute Gasteiger partial charge is 0.508 e. The van der Waals surface area contributed by atoms with Crippen LogP contribution in [0.3, 0.4) is 0 Å². The second-order valence-corrected chi connectivity index (χ2v) is 13.0. The Balaban J connectivity index is 1.09. The number of carbonyl (C=O) groups excluding carboxylic acids is 1. The zero-order valence-corrected chi connectivity index (χ0v) is 27.8. The summed E-state index contributed by atoms with van der Waals surface area (Å²) < 4.78 is 0. The number of hydrogen-bond donors (Lipinski definition) is 4. The lowest BCUT2D eigenvalue weighted by molar-refractivity contribution is -0.127. The molecule has 0 spiro atoms. The Hall–Kier alpha value is -4.24. The van der Waals surface area contributed by atoms with Crippen LogP contribution in [0.4, 0.5) is 11.4 Å². The number of phenolic OH excluding ortho intramolecular Hbond substituents is 1. The first-order valence-electron chi connectivity index (χ1n) is 17.2. The van der Waals surface area contributed by atoms with E-state index in [1.807, 2.05) is 85.8 Å². The van der Waals surface area contributed by atoms with Crippen LogP contribution in [0.2, 0.25) is 0 Å². The molecule has 2 aliphatic rings. The smallest absolute Gasteiger partial charge is 0.228 e. The van der Waals surface area contributed by atoms with Crippen LogP contribution < -0.4 is 4.90 Å². The van der Waals surface area contributed by atoms with Crippen molar-refractivity contribution in [2.24, 2.45) is 16.8 Å². The zero-order valence-electron chi connectivity index (χ0n) is 27.8. The number of aryl methyl sites for hydroxylation is 2. The SMILES string of the molecule is Cc1ccc(N(CC2=NCCN2C(=O)CCCC=CC[C@@H]2[C@@H](C=C[C@@H](O)CCc3ccccc3)[C@H](O)C[C@@H]2O)c2cccc(O)c2)cc1. The third-order valence-corrected chi connectivity index (χ3v) is 9.40. The van der Waals surface area contributed by atoms with Gasteiger partial charge in [-0.15, -0.1) is 0 Å². The molecule has 5 rings (SSSR count). The minimum atomic E-state index is -0.639. The van der Waals surface area contributed by atoms with Gasteiger partial charge in [0.15, 0.2) is 0 Å². The lowest BCUT2D eigenvalue weighted by atomic mass is 9.89. The van der Waals surface area contributed by atoms with Gasteiger partial charge in [0, 0.05) is 42.7 Å². The summed E-state index contributed by atoms with van der Waals surface area (Å²) in [4.78, 5) is 21.8. The fourth-order valence-corrected chi connectivity index (χ4v) is 6.65. The number of aliphatic hydroxyl groups excluding tert-OH is 3. The van der Waals surface area contributed by atoms with Crippen molar-refractivity contribution in [2.45, 2.75) is 70.2 Å². The molecule has 5 atom stereocenters. The molecule has 8 heteroatoms. The van der Waals surface area contributed by atoms with Crippen LogP contribution >= 0.6 is 0 Å². The Labute approximate surface area is 284 Å². The van der Waals surface area contributed by atoms with Crippen molar-refractivity contribution in [3.63, 3.8) is 0 Å². The molecule has 1 aliphatic carbocycles. The number of allylic oxidation sites excluding steroid dienone is 2. The third kappa shape index (κ3) is 9.66. The van der Waals surface area contributed by atoms with Crippen molar-refractivity contribution in [3.05, 3.63) is 114 Å². The highest BCUT2D eigenvalue weighted by Crippen LogP contribution is 2.36. The number of anilines is 2. The van der Waals surface area contributed by atoms with E-state index in [0.717, 1.165) is 35.6 Å². The fourth-order valence-electron chi connectivity index (χ4n) is 6.65. The lowest BCUT2D eigenvalue weighted by Crippen LogP contribution is -2.40. The summed E-state index contributed by atoms with van der Waals surface area (Å²) in [6, 6.07) is 25.3. The maximum Gasteiger partial charge on any atom is 0.228 e. The molecule has 0 aromatic heterocycles. The lowest BCUT2D eigenvalue weighted by Gasteiger charge is -2.28. The van der Waals surface area contributed by atoms with Gasteiger partial charge >= 0.3 is 0 Å². The quantitative estimate of drug-likeness (QED) is 0.117. The van der Waals surface area contributed by atoms with Gasteiger partial charge in [-0.2, -0.15) is 0 Å². The summed E-state index contributed by atoms with van der Waals surface area (Å²) in [5.74, 6) is 0.604. The van der Waals surface area contributed by atoms with Crippen LogP contribution in [0.1, 0.15) is 49.7 Å². The number of benzene rings is 3. The van der Waals surface area contributed by atoms with Gasteiger partial charge in [-0.1, -0.05) is 78.4 Å². The molecule has 0 unspecified atom stereocenters. The summed E-state index contributed by atoms with van der Waals surface area (Å²) in [7, 11) is 0. The van der Waals surface area contributed by atoms with Crippen LogP contribution in [0, 0.1) is 18.8 Å². The maximum atomic E-state index is 13.3. The van der Waals surface area contributed by atoms with Crippen molar-refractivity contribution in [3.8, 4) is 5.75 Å². The highest BCUT2D eigenvalue weighted by Gasteiger charge is 2.39. The monoisotopic (exact) mass is 651 g/mol. The van der Waals surface area contributed by atoms with Gasteiger partial charge in [0.2, 0.25) is 5.91 Å². The normalized spacial score (nSPS) is 21.7. The number of amidine groups is 1. The average Bonchev–Trinajstić information content (AvgIpc) is 3.66. The van der Waals surface area contributed by atoms with Gasteiger partial charge in [0.25, 0.3) is 0 Å². The highest BCUT2D eigenvalue weighted by molar-refractivity contribution is 6.02. The minimum Gasteiger partial charge on any atom is -0.508 e. The number of phenols is 1. The molecule has 1 saturated carbocycles. The maximum absolute atomic E-state index is 13.3. The first-order valence-corrected chi connectivity index (χ1v) is 17.2. The van der Waals surface area contributed by atoms with E-state index in [1.54, 1.807) is 23.1 Å². The number of aliphatic hydroxyl groups is 3. The number of hydrogen-bond acceptors (Lipinski definition) is 7. The molecule has 8 nitrogen and oxygen atoms in total. The number of nitrogens with zero attached hydrogens (tertiary/aromatic N) is 3. The second kappa shape index (κ2) is 17.2. The van der Waals surface area contributed by atoms with E-state index in [9.17, 15) is 25.2 Å². The topological polar surface area (TPSA) is 117 Å². The van der Waals surface area contributed by atoms with Gasteiger partial charge in [0.1, 0.15) is 11.6 Å². The molecule has 1 aliphatic heterocycles. The molecule has 0 radical (unpaired) electrons. The van der Waals surface area contributed by atoms with E-state index >= 15 is 0 Å². The zero-order chi connectivity index (χ0) is 33.9. The van der Waals surface area contributed by atoms with Gasteiger partial charge in [-0.3, -0.25) is 14.7 Å². The molecule has 4 N–H and O–H groups in total. The number of carbonyl (C=O) groups is 1. The van der Waals surface area contributed by atoms with E-state index < -0.39 is 18.3 Å². The summed E-state index contributed by atoms with van der Waals surface area (Å²) in [5.41, 5.74) is 4.10. The molecule has 1 fully saturated rings. The molecule has 3 aromatic carbocycles. The van der Waals surface area contributed by atoms with Gasteiger partial charge < -0.3 is 25.3 Å². The Morgan fingerprint density at radius 1 is 1.00 bits per heavy atom. The molecule has 3 aromatic rings. The predicted octanol–water partition coefficient (Wildman–Crippen LogP) is 6.10. The molecule has 1 heterocycles. The minimum absolute atomic E-state index is 0.0461. The van der Waals surface area contributed by atoms with E-state index in [-0.39, 0.29) is 23.5 Å². The van der Waals surface area contributed by atoms with Crippen molar-refractivity contribution < 1.29 is 25.2 Å². The van der Waals surface area contributed by atoms with Gasteiger partial charge in [-0.05, 0) is 74.8 Å². The average molecular weight is 652 g/mol.